The third-order valence-electron chi connectivity index (χ3n) is 2.05. The number of nitrogens with one attached hydrogen (secondary N) is 1. The lowest BCUT2D eigenvalue weighted by Crippen LogP contribution is -1.93. The van der Waals surface area contributed by atoms with Crippen LogP contribution in [0.4, 0.5) is 0 Å². The van der Waals surface area contributed by atoms with Gasteiger partial charge >= 0.3 is 0 Å². The average Bonchev–Trinajstić information content (AvgIpc) is 2.59. The third-order valence-corrected chi connectivity index (χ3v) is 2.62. The minimum absolute atomic E-state index is 0.0561. The Morgan fingerprint density at radius 1 is 1.53 bits per heavy atom. The predicted octanol–water partition coefficient (Wildman–Crippen LogP) is 0.754. The van der Waals surface area contributed by atoms with Gasteiger partial charge in [0.15, 0.2) is 6.29 Å². The van der Waals surface area contributed by atoms with Crippen LogP contribution in [0.25, 0.3) is 10.9 Å². The normalized spacial score (nSPS) is 12.9. The molecular weight excluding hydrogens is 216 g/mol. The number of H-pyrrole nitrogens is 1. The fourth-order valence-electron chi connectivity index (χ4n) is 1.39. The summed E-state index contributed by atoms with van der Waals surface area (Å²) in [5.41, 5.74) is 1.65. The standard InChI is InChI=1S/C9H8N2O3S/c12-4-9-7-3-6(5-15(13)14)1-2-8(7)10-11-9/h1-4H,5H2,(H,10,11)(H,13,14)/p-1. The van der Waals surface area contributed by atoms with Gasteiger partial charge in [-0.15, -0.1) is 0 Å². The van der Waals surface area contributed by atoms with Gasteiger partial charge in [0.05, 0.1) is 5.52 Å². The second-order valence-corrected chi connectivity index (χ2v) is 3.95. The smallest absolute Gasteiger partial charge is 0.168 e. The zero-order valence-corrected chi connectivity index (χ0v) is 8.41. The maximum atomic E-state index is 10.6. The lowest BCUT2D eigenvalue weighted by molar-refractivity contribution is 0.112. The summed E-state index contributed by atoms with van der Waals surface area (Å²) in [7, 11) is 0. The number of aromatic amines is 1. The Hall–Kier alpha value is -1.53. The Morgan fingerprint density at radius 3 is 3.00 bits per heavy atom. The highest BCUT2D eigenvalue weighted by Crippen LogP contribution is 2.17. The first-order valence-electron chi connectivity index (χ1n) is 4.19. The van der Waals surface area contributed by atoms with Crippen molar-refractivity contribution >= 4 is 28.3 Å². The van der Waals surface area contributed by atoms with E-state index in [1.807, 2.05) is 0 Å². The Balaban J connectivity index is 2.52. The monoisotopic (exact) mass is 223 g/mol. The summed E-state index contributed by atoms with van der Waals surface area (Å²) in [6, 6.07) is 5.01. The molecule has 0 saturated heterocycles. The lowest BCUT2D eigenvalue weighted by atomic mass is 10.1. The van der Waals surface area contributed by atoms with Crippen molar-refractivity contribution < 1.29 is 13.6 Å². The fourth-order valence-corrected chi connectivity index (χ4v) is 1.84. The number of aldehydes is 1. The van der Waals surface area contributed by atoms with Crippen molar-refractivity contribution in [2.75, 3.05) is 0 Å². The highest BCUT2D eigenvalue weighted by atomic mass is 32.2. The van der Waals surface area contributed by atoms with E-state index in [4.69, 9.17) is 0 Å². The van der Waals surface area contributed by atoms with E-state index in [0.29, 0.717) is 28.4 Å². The summed E-state index contributed by atoms with van der Waals surface area (Å²) < 4.78 is 21.0. The Bertz CT molecular complexity index is 535. The van der Waals surface area contributed by atoms with Crippen molar-refractivity contribution in [3.05, 3.63) is 29.5 Å². The van der Waals surface area contributed by atoms with Gasteiger partial charge in [0.2, 0.25) is 0 Å². The van der Waals surface area contributed by atoms with Crippen LogP contribution in [-0.2, 0) is 16.8 Å². The molecule has 2 rings (SSSR count). The van der Waals surface area contributed by atoms with Crippen LogP contribution in [0.15, 0.2) is 18.2 Å². The molecule has 1 aromatic heterocycles. The molecule has 5 nitrogen and oxygen atoms in total. The third kappa shape index (κ3) is 1.95. The van der Waals surface area contributed by atoms with Crippen molar-refractivity contribution in [2.24, 2.45) is 0 Å². The molecule has 1 heterocycles. The van der Waals surface area contributed by atoms with E-state index in [2.05, 4.69) is 10.2 Å². The van der Waals surface area contributed by atoms with E-state index in [1.54, 1.807) is 18.2 Å². The van der Waals surface area contributed by atoms with Crippen LogP contribution >= 0.6 is 0 Å². The van der Waals surface area contributed by atoms with E-state index in [0.717, 1.165) is 0 Å². The second kappa shape index (κ2) is 3.92. The number of carbonyl (C=O) groups excluding carboxylic acids is 1. The first-order chi connectivity index (χ1) is 7.20. The minimum Gasteiger partial charge on any atom is -0.772 e. The van der Waals surface area contributed by atoms with Crippen molar-refractivity contribution in [3.63, 3.8) is 0 Å². The Kier molecular flexibility index (Phi) is 2.61. The molecular formula is C9H7N2O3S-. The van der Waals surface area contributed by atoms with Crippen LogP contribution < -0.4 is 0 Å². The van der Waals surface area contributed by atoms with Crippen LogP contribution in [0.1, 0.15) is 16.1 Å². The largest absolute Gasteiger partial charge is 0.772 e. The molecule has 0 aliphatic rings. The molecule has 0 amide bonds. The summed E-state index contributed by atoms with van der Waals surface area (Å²) in [5.74, 6) is -0.0561. The summed E-state index contributed by atoms with van der Waals surface area (Å²) in [4.78, 5) is 10.6. The minimum atomic E-state index is -2.12. The van der Waals surface area contributed by atoms with Gasteiger partial charge < -0.3 is 4.55 Å². The molecule has 0 bridgehead atoms. The van der Waals surface area contributed by atoms with Gasteiger partial charge in [-0.2, -0.15) is 5.10 Å². The average molecular weight is 223 g/mol. The summed E-state index contributed by atoms with van der Waals surface area (Å²) in [6.45, 7) is 0. The number of hydrogen-bond donors (Lipinski definition) is 1. The summed E-state index contributed by atoms with van der Waals surface area (Å²) >= 11 is -2.12. The molecule has 2 aromatic rings. The maximum absolute atomic E-state index is 10.6. The summed E-state index contributed by atoms with van der Waals surface area (Å²) in [6.07, 6.45) is 0.660. The molecule has 0 fully saturated rings. The highest BCUT2D eigenvalue weighted by Gasteiger charge is 2.04. The van der Waals surface area contributed by atoms with Gasteiger partial charge in [-0.05, 0) is 17.7 Å². The first kappa shape index (κ1) is 10.0. The highest BCUT2D eigenvalue weighted by molar-refractivity contribution is 7.78. The van der Waals surface area contributed by atoms with Crippen molar-refractivity contribution in [3.8, 4) is 0 Å². The van der Waals surface area contributed by atoms with Gasteiger partial charge in [0, 0.05) is 11.1 Å². The Morgan fingerprint density at radius 2 is 2.33 bits per heavy atom. The van der Waals surface area contributed by atoms with Gasteiger partial charge in [0.1, 0.15) is 5.69 Å². The number of carbonyl (C=O) groups is 1. The molecule has 78 valence electrons. The van der Waals surface area contributed by atoms with Crippen molar-refractivity contribution in [1.29, 1.82) is 0 Å². The molecule has 0 aliphatic heterocycles. The number of fused-ring (bicyclic) bond motifs is 1. The zero-order valence-electron chi connectivity index (χ0n) is 7.60. The maximum Gasteiger partial charge on any atom is 0.168 e. The van der Waals surface area contributed by atoms with Crippen LogP contribution in [0.2, 0.25) is 0 Å². The summed E-state index contributed by atoms with van der Waals surface area (Å²) in [5, 5.41) is 7.12. The van der Waals surface area contributed by atoms with Gasteiger partial charge in [0.25, 0.3) is 0 Å². The van der Waals surface area contributed by atoms with Gasteiger partial charge in [-0.1, -0.05) is 17.1 Å². The lowest BCUT2D eigenvalue weighted by Gasteiger charge is -2.04. The molecule has 1 unspecified atom stereocenters. The number of aromatic nitrogens is 2. The fraction of sp³-hybridized carbons (Fsp3) is 0.111. The molecule has 1 N–H and O–H groups in total. The van der Waals surface area contributed by atoms with E-state index in [9.17, 15) is 13.6 Å². The van der Waals surface area contributed by atoms with Crippen LogP contribution in [-0.4, -0.2) is 25.2 Å². The van der Waals surface area contributed by atoms with Crippen molar-refractivity contribution in [2.45, 2.75) is 5.75 Å². The van der Waals surface area contributed by atoms with E-state index < -0.39 is 11.1 Å². The number of benzene rings is 1. The van der Waals surface area contributed by atoms with E-state index in [1.165, 1.54) is 0 Å². The molecule has 15 heavy (non-hydrogen) atoms. The number of nitrogens with zero attached hydrogens (tertiary/aromatic N) is 1. The van der Waals surface area contributed by atoms with Crippen LogP contribution in [0.3, 0.4) is 0 Å². The zero-order chi connectivity index (χ0) is 10.8. The molecule has 0 radical (unpaired) electrons. The molecule has 1 atom stereocenters. The first-order valence-corrected chi connectivity index (χ1v) is 5.43. The van der Waals surface area contributed by atoms with Crippen LogP contribution in [0.5, 0.6) is 0 Å². The molecule has 0 saturated carbocycles. The Labute approximate surface area is 87.8 Å². The molecule has 1 aromatic carbocycles. The second-order valence-electron chi connectivity index (χ2n) is 3.05. The molecule has 6 heteroatoms. The van der Waals surface area contributed by atoms with E-state index in [-0.39, 0.29) is 5.75 Å². The van der Waals surface area contributed by atoms with Crippen LogP contribution in [0, 0.1) is 0 Å². The topological polar surface area (TPSA) is 85.9 Å². The molecule has 0 spiro atoms. The van der Waals surface area contributed by atoms with Crippen molar-refractivity contribution in [1.82, 2.24) is 10.2 Å². The quantitative estimate of drug-likeness (QED) is 0.614. The SMILES string of the molecule is O=Cc1[nH]nc2ccc(CS(=O)[O-])cc12. The van der Waals surface area contributed by atoms with Gasteiger partial charge in [-0.3, -0.25) is 14.1 Å². The predicted molar refractivity (Wildman–Crippen MR) is 54.1 cm³/mol. The van der Waals surface area contributed by atoms with Gasteiger partial charge in [-0.25, -0.2) is 0 Å². The van der Waals surface area contributed by atoms with E-state index >= 15 is 0 Å². The molecule has 0 aliphatic carbocycles. The number of rotatable bonds is 3. The number of hydrogen-bond acceptors (Lipinski definition) is 4.